The first-order valence-corrected chi connectivity index (χ1v) is 7.83. The van der Waals surface area contributed by atoms with E-state index in [1.54, 1.807) is 0 Å². The van der Waals surface area contributed by atoms with Gasteiger partial charge in [0.2, 0.25) is 0 Å². The predicted octanol–water partition coefficient (Wildman–Crippen LogP) is 5.37. The van der Waals surface area contributed by atoms with Crippen molar-refractivity contribution in [2.45, 2.75) is 39.4 Å². The van der Waals surface area contributed by atoms with Crippen LogP contribution < -0.4 is 0 Å². The van der Waals surface area contributed by atoms with Crippen LogP contribution in [0.15, 0.2) is 12.1 Å². The third-order valence-corrected chi connectivity index (χ3v) is 4.67. The van der Waals surface area contributed by atoms with Crippen molar-refractivity contribution in [1.29, 1.82) is 0 Å². The highest BCUT2D eigenvalue weighted by molar-refractivity contribution is 6.30. The molecule has 0 bridgehead atoms. The summed E-state index contributed by atoms with van der Waals surface area (Å²) in [6, 6.07) is 1.52. The van der Waals surface area contributed by atoms with E-state index in [0.717, 1.165) is 32.0 Å². The summed E-state index contributed by atoms with van der Waals surface area (Å²) >= 11 is 5.61. The van der Waals surface area contributed by atoms with Crippen molar-refractivity contribution in [3.05, 3.63) is 34.1 Å². The Hall–Kier alpha value is -0.810. The van der Waals surface area contributed by atoms with Crippen LogP contribution in [-0.4, -0.2) is 18.0 Å². The highest BCUT2D eigenvalue weighted by Gasteiger charge is 2.32. The maximum absolute atomic E-state index is 14.0. The van der Waals surface area contributed by atoms with Crippen LogP contribution in [0.3, 0.4) is 0 Å². The lowest BCUT2D eigenvalue weighted by molar-refractivity contribution is -0.137. The molecule has 0 amide bonds. The Morgan fingerprint density at radius 1 is 1.23 bits per heavy atom. The van der Waals surface area contributed by atoms with E-state index in [1.807, 2.05) is 4.90 Å². The van der Waals surface area contributed by atoms with Gasteiger partial charge in [-0.15, -0.1) is 0 Å². The van der Waals surface area contributed by atoms with Crippen LogP contribution in [0, 0.1) is 17.7 Å². The third-order valence-electron chi connectivity index (χ3n) is 4.40. The first-order chi connectivity index (χ1) is 10.2. The fourth-order valence-electron chi connectivity index (χ4n) is 2.94. The molecule has 0 aliphatic carbocycles. The van der Waals surface area contributed by atoms with Crippen molar-refractivity contribution in [2.24, 2.45) is 11.8 Å². The van der Waals surface area contributed by atoms with Gasteiger partial charge in [0, 0.05) is 12.1 Å². The topological polar surface area (TPSA) is 3.24 Å². The molecule has 1 aromatic rings. The Kier molecular flexibility index (Phi) is 5.38. The van der Waals surface area contributed by atoms with Crippen molar-refractivity contribution in [3.63, 3.8) is 0 Å². The van der Waals surface area contributed by atoms with Crippen LogP contribution in [0.5, 0.6) is 0 Å². The minimum atomic E-state index is -4.52. The van der Waals surface area contributed by atoms with Crippen LogP contribution in [-0.2, 0) is 12.7 Å². The second-order valence-corrected chi connectivity index (χ2v) is 6.69. The third kappa shape index (κ3) is 4.13. The van der Waals surface area contributed by atoms with E-state index in [-0.39, 0.29) is 12.1 Å². The van der Waals surface area contributed by atoms with E-state index in [4.69, 9.17) is 11.6 Å². The average Bonchev–Trinajstić information content (AvgIpc) is 2.43. The SMILES string of the molecule is CC(C)C1CCN(Cc2cc(C(F)(F)F)cc(Cl)c2F)CC1. The number of alkyl halides is 3. The van der Waals surface area contributed by atoms with Gasteiger partial charge in [0.15, 0.2) is 0 Å². The van der Waals surface area contributed by atoms with Gasteiger partial charge in [-0.1, -0.05) is 25.4 Å². The summed E-state index contributed by atoms with van der Waals surface area (Å²) in [6.07, 6.45) is -2.53. The van der Waals surface area contributed by atoms with Crippen LogP contribution in [0.1, 0.15) is 37.8 Å². The summed E-state index contributed by atoms with van der Waals surface area (Å²) < 4.78 is 52.4. The van der Waals surface area contributed by atoms with E-state index in [0.29, 0.717) is 17.9 Å². The first kappa shape index (κ1) is 17.5. The zero-order valence-corrected chi connectivity index (χ0v) is 13.4. The molecule has 1 fully saturated rings. The highest BCUT2D eigenvalue weighted by atomic mass is 35.5. The summed E-state index contributed by atoms with van der Waals surface area (Å²) in [5.41, 5.74) is -0.881. The van der Waals surface area contributed by atoms with E-state index in [9.17, 15) is 17.6 Å². The minimum Gasteiger partial charge on any atom is -0.299 e. The second kappa shape index (κ2) is 6.75. The molecular weight excluding hydrogens is 318 g/mol. The Labute approximate surface area is 133 Å². The van der Waals surface area contributed by atoms with E-state index < -0.39 is 22.6 Å². The first-order valence-electron chi connectivity index (χ1n) is 7.46. The van der Waals surface area contributed by atoms with Gasteiger partial charge >= 0.3 is 6.18 Å². The number of halogens is 5. The molecule has 0 atom stereocenters. The van der Waals surface area contributed by atoms with Gasteiger partial charge in [0.25, 0.3) is 0 Å². The number of hydrogen-bond acceptors (Lipinski definition) is 1. The van der Waals surface area contributed by atoms with Crippen molar-refractivity contribution in [3.8, 4) is 0 Å². The number of rotatable bonds is 3. The lowest BCUT2D eigenvalue weighted by atomic mass is 9.86. The fourth-order valence-corrected chi connectivity index (χ4v) is 3.18. The van der Waals surface area contributed by atoms with Crippen LogP contribution >= 0.6 is 11.6 Å². The van der Waals surface area contributed by atoms with Crippen molar-refractivity contribution in [2.75, 3.05) is 13.1 Å². The molecule has 1 aliphatic heterocycles. The van der Waals surface area contributed by atoms with E-state index >= 15 is 0 Å². The van der Waals surface area contributed by atoms with Gasteiger partial charge in [0.1, 0.15) is 5.82 Å². The van der Waals surface area contributed by atoms with Crippen molar-refractivity contribution in [1.82, 2.24) is 4.90 Å². The van der Waals surface area contributed by atoms with E-state index in [1.165, 1.54) is 0 Å². The maximum atomic E-state index is 14.0. The van der Waals surface area contributed by atoms with Crippen LogP contribution in [0.25, 0.3) is 0 Å². The molecule has 0 N–H and O–H groups in total. The molecule has 2 rings (SSSR count). The molecule has 1 aliphatic rings. The van der Waals surface area contributed by atoms with Crippen LogP contribution in [0.2, 0.25) is 5.02 Å². The quantitative estimate of drug-likeness (QED) is 0.670. The molecule has 0 aromatic heterocycles. The number of nitrogens with zero attached hydrogens (tertiary/aromatic N) is 1. The lowest BCUT2D eigenvalue weighted by Gasteiger charge is -2.34. The number of benzene rings is 1. The lowest BCUT2D eigenvalue weighted by Crippen LogP contribution is -2.35. The van der Waals surface area contributed by atoms with Crippen molar-refractivity contribution >= 4 is 11.6 Å². The summed E-state index contributed by atoms with van der Waals surface area (Å²) in [6.45, 7) is 6.06. The molecule has 0 radical (unpaired) electrons. The molecule has 0 spiro atoms. The molecule has 1 nitrogen and oxygen atoms in total. The molecule has 124 valence electrons. The molecule has 6 heteroatoms. The smallest absolute Gasteiger partial charge is 0.299 e. The van der Waals surface area contributed by atoms with Gasteiger partial charge < -0.3 is 0 Å². The zero-order chi connectivity index (χ0) is 16.5. The van der Waals surface area contributed by atoms with Gasteiger partial charge in [-0.05, 0) is 49.9 Å². The van der Waals surface area contributed by atoms with Gasteiger partial charge in [0.05, 0.1) is 10.6 Å². The second-order valence-electron chi connectivity index (χ2n) is 6.29. The molecule has 1 aromatic carbocycles. The summed E-state index contributed by atoms with van der Waals surface area (Å²) in [5.74, 6) is 0.480. The summed E-state index contributed by atoms with van der Waals surface area (Å²) in [5, 5.41) is -0.470. The van der Waals surface area contributed by atoms with Gasteiger partial charge in [-0.2, -0.15) is 13.2 Å². The molecular formula is C16H20ClF4N. The monoisotopic (exact) mass is 337 g/mol. The highest BCUT2D eigenvalue weighted by Crippen LogP contribution is 2.34. The maximum Gasteiger partial charge on any atom is 0.416 e. The summed E-state index contributed by atoms with van der Waals surface area (Å²) in [7, 11) is 0. The Balaban J connectivity index is 2.12. The molecule has 22 heavy (non-hydrogen) atoms. The normalized spacial score (nSPS) is 18.2. The number of hydrogen-bond donors (Lipinski definition) is 0. The molecule has 1 heterocycles. The van der Waals surface area contributed by atoms with Gasteiger partial charge in [-0.25, -0.2) is 4.39 Å². The van der Waals surface area contributed by atoms with Crippen LogP contribution in [0.4, 0.5) is 17.6 Å². The largest absolute Gasteiger partial charge is 0.416 e. The average molecular weight is 338 g/mol. The standard InChI is InChI=1S/C16H20ClF4N/c1-10(2)11-3-5-22(6-4-11)9-12-7-13(16(19,20)21)8-14(17)15(12)18/h7-8,10-11H,3-6,9H2,1-2H3. The fraction of sp³-hybridized carbons (Fsp3) is 0.625. The Morgan fingerprint density at radius 2 is 1.82 bits per heavy atom. The Morgan fingerprint density at radius 3 is 2.32 bits per heavy atom. The van der Waals surface area contributed by atoms with Crippen molar-refractivity contribution < 1.29 is 17.6 Å². The number of likely N-dealkylation sites (tertiary alicyclic amines) is 1. The molecule has 0 unspecified atom stereocenters. The van der Waals surface area contributed by atoms with E-state index in [2.05, 4.69) is 13.8 Å². The summed E-state index contributed by atoms with van der Waals surface area (Å²) in [4.78, 5) is 1.99. The molecule has 0 saturated carbocycles. The number of piperidine rings is 1. The minimum absolute atomic E-state index is 0.0165. The molecule has 1 saturated heterocycles. The predicted molar refractivity (Wildman–Crippen MR) is 79.3 cm³/mol. The zero-order valence-electron chi connectivity index (χ0n) is 12.7. The Bertz CT molecular complexity index is 520. The van der Waals surface area contributed by atoms with Gasteiger partial charge in [-0.3, -0.25) is 4.90 Å².